The number of sulfonamides is 2. The number of nitrogens with two attached hydrogens (primary N) is 1. The van der Waals surface area contributed by atoms with Crippen molar-refractivity contribution in [1.82, 2.24) is 19.2 Å². The molecule has 26 nitrogen and oxygen atoms in total. The van der Waals surface area contributed by atoms with Crippen molar-refractivity contribution in [2.45, 2.75) is 74.6 Å². The van der Waals surface area contributed by atoms with E-state index in [2.05, 4.69) is 27.2 Å². The number of para-hydroxylation sites is 1. The minimum Gasteiger partial charge on any atom is -0.437 e. The summed E-state index contributed by atoms with van der Waals surface area (Å²) < 4.78 is 179. The Morgan fingerprint density at radius 1 is 0.621 bits per heavy atom. The fraction of sp³-hybridized carbons (Fsp3) is 0.392. The SMILES string of the molecule is CB(O)N1CC=C(c2ccc([N+](=O)[O-])cc2)CC1.CB(O)N1CCC(c2ccc(N)cc2)CC1.O=C[B]N1CC=C(OS(=O)(=O)C(F)(F)F)CC1.O=C[B]N1CCC(=O)CC1.O=S(=O)(N(c1ccccc1)S(=O)(=O)C(F)(F)F)C(F)(F)F.O=[N+]([O-])c1ccc(B(O)O)cc1.[HH].[Pd]. The van der Waals surface area contributed by atoms with Crippen molar-refractivity contribution in [3.63, 3.8) is 0 Å². The van der Waals surface area contributed by atoms with Crippen LogP contribution in [0.5, 0.6) is 0 Å². The number of piperidine rings is 2. The number of nitro groups is 2. The normalized spacial score (nSPS) is 16.0. The third-order valence-corrected chi connectivity index (χ3v) is 18.3. The van der Waals surface area contributed by atoms with Gasteiger partial charge >= 0.3 is 67.9 Å². The molecule has 0 aromatic heterocycles. The Labute approximate surface area is 558 Å². The van der Waals surface area contributed by atoms with Crippen LogP contribution in [-0.4, -0.2) is 198 Å². The van der Waals surface area contributed by atoms with Crippen LogP contribution in [0.1, 0.15) is 57.0 Å². The van der Waals surface area contributed by atoms with Crippen LogP contribution >= 0.6 is 0 Å². The standard InChI is InChI=1S/C12H15BN2O3.C12H19BN2O.C8H5F6NO4S2.C7H8BF3NO4S.C6H6BNO4.C6H9BNO2.Pd.H2/c1-13(16)14-8-6-11(7-9-14)10-2-4-12(5-3-10)15(17)18;1-13(16)15-8-6-11(7-9-15)10-2-4-12(14)5-3-10;9-7(10,11)20(16,17)15(6-4-2-1-3-5-6)21(18,19)8(12,13)14;9-7(10,11)17(14,15)16-6-1-3-12(4-2-6)8-5-13;9-7(10)5-1-3-6(4-2-5)8(11)12;9-5-7-8-3-1-6(10)2-4-8;;/h2-6,16H,7-9H2,1H3;2-5,11,16H,6-9,14H2,1H3;1-5H;1,5H,2-4H2;1-4,9-10H;5H,1-4H2;;1H. The number of carbonyl (C=O) groups excluding carboxylic acids is 3. The van der Waals surface area contributed by atoms with Gasteiger partial charge in [0.25, 0.3) is 26.2 Å². The van der Waals surface area contributed by atoms with Crippen molar-refractivity contribution in [1.29, 1.82) is 0 Å². The van der Waals surface area contributed by atoms with Crippen molar-refractivity contribution < 1.29 is 135 Å². The maximum Gasteiger partial charge on any atom is 0.534 e. The molecule has 2 radical (unpaired) electrons. The summed E-state index contributed by atoms with van der Waals surface area (Å²) in [6.07, 6.45) is 8.80. The Hall–Kier alpha value is -6.54. The third kappa shape index (κ3) is 27.1. The number of rotatable bonds is 16. The number of Topliss-reactive ketones (excluding diaryl/α,β-unsaturated/α-hetero) is 1. The molecule has 0 atom stereocenters. The first-order chi connectivity index (χ1) is 43.7. The van der Waals surface area contributed by atoms with E-state index in [-0.39, 0.29) is 71.0 Å². The molecule has 4 aromatic carbocycles. The number of halogens is 9. The molecule has 4 aliphatic rings. The van der Waals surface area contributed by atoms with Gasteiger partial charge in [0, 0.05) is 84.2 Å². The molecule has 95 heavy (non-hydrogen) atoms. The molecule has 4 heterocycles. The molecular formula is C51H64B5F9N8O18PdS3. The third-order valence-electron chi connectivity index (χ3n) is 13.7. The molecule has 4 aliphatic heterocycles. The topological polar surface area (TPSA) is 372 Å². The number of benzene rings is 4. The number of hydrogen-bond donors (Lipinski definition) is 5. The monoisotopic (exact) mass is 1500 g/mol. The van der Waals surface area contributed by atoms with Crippen LogP contribution in [0.3, 0.4) is 0 Å². The predicted molar refractivity (Wildman–Crippen MR) is 334 cm³/mol. The quantitative estimate of drug-likeness (QED) is 0.0147. The number of nitrogen functional groups attached to an aromatic ring is 1. The molecule has 0 aliphatic carbocycles. The van der Waals surface area contributed by atoms with Gasteiger partial charge < -0.3 is 58.8 Å². The van der Waals surface area contributed by atoms with Crippen LogP contribution in [0.4, 0.5) is 62.3 Å². The Morgan fingerprint density at radius 3 is 1.47 bits per heavy atom. The van der Waals surface area contributed by atoms with Crippen LogP contribution in [0.15, 0.2) is 121 Å². The van der Waals surface area contributed by atoms with Crippen molar-refractivity contribution in [3.05, 3.63) is 152 Å². The van der Waals surface area contributed by atoms with Gasteiger partial charge in [-0.05, 0) is 143 Å². The van der Waals surface area contributed by atoms with E-state index < -0.39 is 80.1 Å². The molecule has 0 amide bonds. The Kier molecular flexibility index (Phi) is 34.2. The van der Waals surface area contributed by atoms with Crippen LogP contribution in [0, 0.1) is 20.2 Å². The van der Waals surface area contributed by atoms with E-state index in [0.717, 1.165) is 74.5 Å². The van der Waals surface area contributed by atoms with Gasteiger partial charge in [0.05, 0.1) is 27.9 Å². The summed E-state index contributed by atoms with van der Waals surface area (Å²) in [6, 6.07) is 23.7. The second-order valence-corrected chi connectivity index (χ2v) is 25.5. The molecular weight excluding hydrogens is 1440 g/mol. The summed E-state index contributed by atoms with van der Waals surface area (Å²) in [5.74, 6) is 0.657. The molecule has 2 fully saturated rings. The van der Waals surface area contributed by atoms with Gasteiger partial charge in [-0.25, -0.2) is 0 Å². The van der Waals surface area contributed by atoms with E-state index in [1.165, 1.54) is 73.3 Å². The fourth-order valence-electron chi connectivity index (χ4n) is 8.53. The smallest absolute Gasteiger partial charge is 0.437 e. The average molecular weight is 1500 g/mol. The second-order valence-electron chi connectivity index (χ2n) is 20.2. The second kappa shape index (κ2) is 38.4. The fourth-order valence-corrected chi connectivity index (χ4v) is 11.8. The summed E-state index contributed by atoms with van der Waals surface area (Å²) in [6.45, 7) is 8.83. The number of carbonyl (C=O) groups is 3. The molecule has 522 valence electrons. The number of anilines is 2. The van der Waals surface area contributed by atoms with Gasteiger partial charge in [-0.3, -0.25) is 25.0 Å². The molecule has 0 saturated carbocycles. The van der Waals surface area contributed by atoms with E-state index in [0.29, 0.717) is 62.5 Å². The predicted octanol–water partition coefficient (Wildman–Crippen LogP) is 4.78. The minimum absolute atomic E-state index is 0. The van der Waals surface area contributed by atoms with Gasteiger partial charge in [-0.1, -0.05) is 48.5 Å². The number of alkyl halides is 9. The molecule has 6 N–H and O–H groups in total. The molecule has 0 unspecified atom stereocenters. The van der Waals surface area contributed by atoms with E-state index >= 15 is 0 Å². The summed E-state index contributed by atoms with van der Waals surface area (Å²) in [4.78, 5) is 58.0. The maximum absolute atomic E-state index is 12.4. The van der Waals surface area contributed by atoms with Gasteiger partial charge in [0.2, 0.25) is 0 Å². The zero-order valence-electron chi connectivity index (χ0n) is 50.1. The Bertz CT molecular complexity index is 3500. The summed E-state index contributed by atoms with van der Waals surface area (Å²) in [5, 5.41) is 56.9. The van der Waals surface area contributed by atoms with E-state index in [4.69, 9.17) is 15.8 Å². The molecule has 2 saturated heterocycles. The van der Waals surface area contributed by atoms with E-state index in [9.17, 15) is 109 Å². The summed E-state index contributed by atoms with van der Waals surface area (Å²) in [7, 11) is -18.8. The number of nitrogens with zero attached hydrogens (tertiary/aromatic N) is 7. The largest absolute Gasteiger partial charge is 0.534 e. The first-order valence-electron chi connectivity index (χ1n) is 27.7. The van der Waals surface area contributed by atoms with E-state index in [1.54, 1.807) is 19.0 Å². The number of non-ortho nitro benzene ring substituents is 2. The van der Waals surface area contributed by atoms with E-state index in [1.807, 2.05) is 28.6 Å². The minimum atomic E-state index is -6.81. The van der Waals surface area contributed by atoms with Gasteiger partial charge in [-0.15, -0.1) is 3.71 Å². The molecule has 44 heteroatoms. The van der Waals surface area contributed by atoms with Crippen molar-refractivity contribution in [2.75, 3.05) is 61.8 Å². The van der Waals surface area contributed by atoms with Gasteiger partial charge in [0.1, 0.15) is 11.5 Å². The first-order valence-corrected chi connectivity index (χ1v) is 31.9. The van der Waals surface area contributed by atoms with Crippen LogP contribution in [0.2, 0.25) is 13.6 Å². The van der Waals surface area contributed by atoms with Gasteiger partial charge in [-0.2, -0.15) is 64.8 Å². The first kappa shape index (κ1) is 84.5. The average Bonchev–Trinajstić information content (AvgIpc) is 0.743. The van der Waals surface area contributed by atoms with Crippen LogP contribution < -0.4 is 14.9 Å². The van der Waals surface area contributed by atoms with Crippen LogP contribution in [-0.2, 0) is 69.2 Å². The van der Waals surface area contributed by atoms with Gasteiger partial charge in [0.15, 0.2) is 0 Å². The molecule has 4 aromatic rings. The zero-order valence-corrected chi connectivity index (χ0v) is 54.1. The number of ketones is 1. The number of nitro benzene ring substituents is 2. The molecule has 8 rings (SSSR count). The van der Waals surface area contributed by atoms with Crippen molar-refractivity contribution in [2.24, 2.45) is 0 Å². The molecule has 0 spiro atoms. The Balaban J connectivity index is 0.000000581. The zero-order chi connectivity index (χ0) is 71.0. The molecule has 0 bridgehead atoms. The Morgan fingerprint density at radius 2 is 1.08 bits per heavy atom. The van der Waals surface area contributed by atoms with Crippen molar-refractivity contribution >= 4 is 118 Å². The van der Waals surface area contributed by atoms with Crippen LogP contribution in [0.25, 0.3) is 5.57 Å². The summed E-state index contributed by atoms with van der Waals surface area (Å²) in [5.41, 5.74) is -8.86. The maximum atomic E-state index is 12.4. The number of hydrogen-bond acceptors (Lipinski definition) is 23. The van der Waals surface area contributed by atoms with Crippen molar-refractivity contribution in [3.8, 4) is 0 Å². The summed E-state index contributed by atoms with van der Waals surface area (Å²) >= 11 is 0.